The molecule has 3 rings (SSSR count). The first-order valence-corrected chi connectivity index (χ1v) is 8.02. The van der Waals surface area contributed by atoms with Crippen LogP contribution in [0.2, 0.25) is 0 Å². The van der Waals surface area contributed by atoms with Crippen molar-refractivity contribution >= 4 is 35.2 Å². The van der Waals surface area contributed by atoms with Gasteiger partial charge < -0.3 is 4.74 Å². The van der Waals surface area contributed by atoms with E-state index in [2.05, 4.69) is 10.6 Å². The van der Waals surface area contributed by atoms with Crippen LogP contribution >= 0.6 is 12.2 Å². The lowest BCUT2D eigenvalue weighted by Gasteiger charge is -2.16. The fraction of sp³-hybridized carbons (Fsp3) is 0.105. The molecule has 1 fully saturated rings. The zero-order valence-electron chi connectivity index (χ0n) is 13.8. The predicted molar refractivity (Wildman–Crippen MR) is 100 cm³/mol. The molecule has 1 heterocycles. The van der Waals surface area contributed by atoms with E-state index in [-0.39, 0.29) is 10.7 Å². The third-order valence-electron chi connectivity index (χ3n) is 3.91. The van der Waals surface area contributed by atoms with Crippen LogP contribution in [0.1, 0.15) is 11.1 Å². The maximum absolute atomic E-state index is 11.9. The Morgan fingerprint density at radius 1 is 1.00 bits per heavy atom. The second kappa shape index (κ2) is 6.86. The standard InChI is InChI=1S/C19H16N2O3S/c1-11-9-14(24-2)7-8-15(11)13-5-3-12(4-6-13)10-16-17(22)20-19(25)21-18(16)23/h3-10H,1-2H3,(H2,20,21,22,23,25). The van der Waals surface area contributed by atoms with Crippen molar-refractivity contribution in [2.45, 2.75) is 6.92 Å². The van der Waals surface area contributed by atoms with E-state index in [0.29, 0.717) is 0 Å². The van der Waals surface area contributed by atoms with Gasteiger partial charge in [-0.25, -0.2) is 0 Å². The molecular weight excluding hydrogens is 336 g/mol. The molecule has 0 aliphatic carbocycles. The van der Waals surface area contributed by atoms with E-state index < -0.39 is 11.8 Å². The molecule has 0 spiro atoms. The Morgan fingerprint density at radius 2 is 1.64 bits per heavy atom. The summed E-state index contributed by atoms with van der Waals surface area (Å²) in [5.74, 6) is -0.178. The summed E-state index contributed by atoms with van der Waals surface area (Å²) in [5.41, 5.74) is 4.02. The molecule has 2 N–H and O–H groups in total. The molecule has 1 saturated heterocycles. The zero-order chi connectivity index (χ0) is 18.0. The molecule has 1 aliphatic heterocycles. The first-order chi connectivity index (χ1) is 12.0. The van der Waals surface area contributed by atoms with E-state index in [1.54, 1.807) is 7.11 Å². The molecule has 5 nitrogen and oxygen atoms in total. The molecule has 6 heteroatoms. The van der Waals surface area contributed by atoms with Gasteiger partial charge in [0.1, 0.15) is 11.3 Å². The number of hydrogen-bond acceptors (Lipinski definition) is 4. The van der Waals surface area contributed by atoms with Crippen molar-refractivity contribution in [3.63, 3.8) is 0 Å². The Kier molecular flexibility index (Phi) is 4.63. The van der Waals surface area contributed by atoms with Gasteiger partial charge in [0, 0.05) is 0 Å². The number of rotatable bonds is 3. The minimum Gasteiger partial charge on any atom is -0.497 e. The van der Waals surface area contributed by atoms with Crippen LogP contribution in [0.3, 0.4) is 0 Å². The van der Waals surface area contributed by atoms with Gasteiger partial charge in [-0.1, -0.05) is 30.3 Å². The number of aryl methyl sites for hydroxylation is 1. The molecule has 0 aromatic heterocycles. The minimum atomic E-state index is -0.496. The third kappa shape index (κ3) is 3.59. The molecule has 2 amide bonds. The average molecular weight is 352 g/mol. The van der Waals surface area contributed by atoms with Gasteiger partial charge in [0.05, 0.1) is 7.11 Å². The van der Waals surface area contributed by atoms with Crippen LogP contribution in [0.15, 0.2) is 48.0 Å². The number of thiocarbonyl (C=S) groups is 1. The zero-order valence-corrected chi connectivity index (χ0v) is 14.6. The van der Waals surface area contributed by atoms with E-state index in [0.717, 1.165) is 28.0 Å². The molecule has 0 radical (unpaired) electrons. The van der Waals surface area contributed by atoms with Crippen molar-refractivity contribution in [3.8, 4) is 16.9 Å². The van der Waals surface area contributed by atoms with Gasteiger partial charge in [-0.15, -0.1) is 0 Å². The molecule has 0 atom stereocenters. The highest BCUT2D eigenvalue weighted by Crippen LogP contribution is 2.27. The molecule has 2 aromatic rings. The lowest BCUT2D eigenvalue weighted by molar-refractivity contribution is -0.123. The number of hydrogen-bond donors (Lipinski definition) is 2. The summed E-state index contributed by atoms with van der Waals surface area (Å²) in [4.78, 5) is 23.7. The number of carbonyl (C=O) groups excluding carboxylic acids is 2. The molecule has 0 bridgehead atoms. The van der Waals surface area contributed by atoms with Crippen LogP contribution in [0, 0.1) is 6.92 Å². The van der Waals surface area contributed by atoms with Gasteiger partial charge in [-0.3, -0.25) is 20.2 Å². The number of ether oxygens (including phenoxy) is 1. The number of carbonyl (C=O) groups is 2. The summed E-state index contributed by atoms with van der Waals surface area (Å²) in [6, 6.07) is 13.5. The number of amides is 2. The highest BCUT2D eigenvalue weighted by molar-refractivity contribution is 7.80. The average Bonchev–Trinajstić information content (AvgIpc) is 2.58. The summed E-state index contributed by atoms with van der Waals surface area (Å²) in [5, 5.41) is 4.86. The smallest absolute Gasteiger partial charge is 0.263 e. The molecule has 0 saturated carbocycles. The van der Waals surface area contributed by atoms with Crippen molar-refractivity contribution < 1.29 is 14.3 Å². The normalized spacial score (nSPS) is 14.0. The van der Waals surface area contributed by atoms with Crippen molar-refractivity contribution in [1.29, 1.82) is 0 Å². The summed E-state index contributed by atoms with van der Waals surface area (Å²) in [6.45, 7) is 2.02. The lowest BCUT2D eigenvalue weighted by atomic mass is 9.98. The second-order valence-electron chi connectivity index (χ2n) is 5.60. The van der Waals surface area contributed by atoms with Crippen molar-refractivity contribution in [1.82, 2.24) is 10.6 Å². The summed E-state index contributed by atoms with van der Waals surface area (Å²) >= 11 is 4.78. The van der Waals surface area contributed by atoms with Gasteiger partial charge in [-0.2, -0.15) is 0 Å². The lowest BCUT2D eigenvalue weighted by Crippen LogP contribution is -2.51. The van der Waals surface area contributed by atoms with Gasteiger partial charge in [0.25, 0.3) is 11.8 Å². The Bertz CT molecular complexity index is 879. The quantitative estimate of drug-likeness (QED) is 0.506. The first-order valence-electron chi connectivity index (χ1n) is 7.61. The Balaban J connectivity index is 1.88. The molecule has 2 aromatic carbocycles. The highest BCUT2D eigenvalue weighted by atomic mass is 32.1. The topological polar surface area (TPSA) is 67.4 Å². The molecule has 0 unspecified atom stereocenters. The van der Waals surface area contributed by atoms with Gasteiger partial charge >= 0.3 is 0 Å². The van der Waals surface area contributed by atoms with E-state index in [4.69, 9.17) is 17.0 Å². The Hall–Kier alpha value is -2.99. The van der Waals surface area contributed by atoms with E-state index in [9.17, 15) is 9.59 Å². The maximum atomic E-state index is 11.9. The van der Waals surface area contributed by atoms with Gasteiger partial charge in [-0.05, 0) is 59.6 Å². The number of benzene rings is 2. The van der Waals surface area contributed by atoms with Crippen molar-refractivity contribution in [3.05, 3.63) is 59.2 Å². The maximum Gasteiger partial charge on any atom is 0.263 e. The Labute approximate surface area is 150 Å². The minimum absolute atomic E-state index is 0.0254. The summed E-state index contributed by atoms with van der Waals surface area (Å²) < 4.78 is 5.22. The van der Waals surface area contributed by atoms with Crippen LogP contribution in [0.25, 0.3) is 17.2 Å². The molecule has 25 heavy (non-hydrogen) atoms. The second-order valence-corrected chi connectivity index (χ2v) is 6.01. The van der Waals surface area contributed by atoms with Gasteiger partial charge in [0.2, 0.25) is 0 Å². The van der Waals surface area contributed by atoms with Crippen LogP contribution in [-0.4, -0.2) is 24.0 Å². The van der Waals surface area contributed by atoms with E-state index >= 15 is 0 Å². The molecular formula is C19H16N2O3S. The van der Waals surface area contributed by atoms with E-state index in [1.807, 2.05) is 49.4 Å². The number of methoxy groups -OCH3 is 1. The summed E-state index contributed by atoms with van der Waals surface area (Å²) in [6.07, 6.45) is 1.54. The largest absolute Gasteiger partial charge is 0.497 e. The fourth-order valence-corrected chi connectivity index (χ4v) is 2.80. The van der Waals surface area contributed by atoms with Crippen LogP contribution in [0.4, 0.5) is 0 Å². The molecule has 1 aliphatic rings. The van der Waals surface area contributed by atoms with Crippen LogP contribution in [-0.2, 0) is 9.59 Å². The molecule has 126 valence electrons. The van der Waals surface area contributed by atoms with Crippen molar-refractivity contribution in [2.75, 3.05) is 7.11 Å². The van der Waals surface area contributed by atoms with E-state index in [1.165, 1.54) is 6.08 Å². The SMILES string of the molecule is COc1ccc(-c2ccc(C=C3C(=O)NC(=S)NC3=O)cc2)c(C)c1. The predicted octanol–water partition coefficient (Wildman–Crippen LogP) is 2.58. The monoisotopic (exact) mass is 352 g/mol. The number of nitrogens with one attached hydrogen (secondary N) is 2. The first kappa shape index (κ1) is 16.9. The fourth-order valence-electron chi connectivity index (χ4n) is 2.62. The highest BCUT2D eigenvalue weighted by Gasteiger charge is 2.25. The van der Waals surface area contributed by atoms with Crippen molar-refractivity contribution in [2.24, 2.45) is 0 Å². The third-order valence-corrected chi connectivity index (χ3v) is 4.11. The van der Waals surface area contributed by atoms with Crippen LogP contribution in [0.5, 0.6) is 5.75 Å². The van der Waals surface area contributed by atoms with Crippen LogP contribution < -0.4 is 15.4 Å². The summed E-state index contributed by atoms with van der Waals surface area (Å²) in [7, 11) is 1.64. The van der Waals surface area contributed by atoms with Gasteiger partial charge in [0.15, 0.2) is 5.11 Å². The Morgan fingerprint density at radius 3 is 2.20 bits per heavy atom.